The number of likely N-dealkylation sites (tertiary alicyclic amines) is 1. The minimum absolute atomic E-state index is 0.0647. The van der Waals surface area contributed by atoms with Gasteiger partial charge in [-0.05, 0) is 42.5 Å². The maximum Gasteiger partial charge on any atom is 0.269 e. The molecule has 0 amide bonds. The van der Waals surface area contributed by atoms with Crippen LogP contribution in [0.15, 0.2) is 59.5 Å². The van der Waals surface area contributed by atoms with E-state index in [-0.39, 0.29) is 5.56 Å². The summed E-state index contributed by atoms with van der Waals surface area (Å²) < 4.78 is 8.51. The van der Waals surface area contributed by atoms with Crippen LogP contribution in [0.5, 0.6) is 5.75 Å². The van der Waals surface area contributed by atoms with Crippen LogP contribution in [0.2, 0.25) is 0 Å². The molecule has 6 nitrogen and oxygen atoms in total. The largest absolute Gasteiger partial charge is 0.497 e. The lowest BCUT2D eigenvalue weighted by molar-refractivity contribution is 0.204. The summed E-state index contributed by atoms with van der Waals surface area (Å²) in [6.45, 7) is 3.60. The van der Waals surface area contributed by atoms with Crippen molar-refractivity contribution < 1.29 is 4.74 Å². The van der Waals surface area contributed by atoms with Crippen LogP contribution in [0.1, 0.15) is 12.8 Å². The molecule has 5 rings (SSSR count). The first-order valence-corrected chi connectivity index (χ1v) is 11.9. The third-order valence-corrected chi connectivity index (χ3v) is 7.76. The molecule has 0 spiro atoms. The molecule has 0 N–H and O–H groups in total. The van der Waals surface area contributed by atoms with E-state index >= 15 is 0 Å². The minimum Gasteiger partial charge on any atom is -0.497 e. The summed E-state index contributed by atoms with van der Waals surface area (Å²) in [6, 6.07) is 17.1. The molecule has 1 fully saturated rings. The van der Waals surface area contributed by atoms with Crippen LogP contribution in [0, 0.1) is 0 Å². The van der Waals surface area contributed by atoms with Crippen LogP contribution in [0.4, 0.5) is 5.00 Å². The van der Waals surface area contributed by atoms with Gasteiger partial charge in [0, 0.05) is 50.0 Å². The highest BCUT2D eigenvalue weighted by atomic mass is 32.1. The Hall–Kier alpha value is -2.90. The number of benzene rings is 2. The van der Waals surface area contributed by atoms with E-state index in [9.17, 15) is 4.79 Å². The Kier molecular flexibility index (Phi) is 5.85. The van der Waals surface area contributed by atoms with Crippen LogP contribution in [-0.4, -0.2) is 54.3 Å². The molecule has 32 heavy (non-hydrogen) atoms. The Morgan fingerprint density at radius 3 is 2.72 bits per heavy atom. The third kappa shape index (κ3) is 4.10. The van der Waals surface area contributed by atoms with Crippen LogP contribution < -0.4 is 15.2 Å². The van der Waals surface area contributed by atoms with Crippen molar-refractivity contribution in [3.05, 3.63) is 65.1 Å². The molecule has 7 heteroatoms. The Morgan fingerprint density at radius 1 is 1.12 bits per heavy atom. The summed E-state index contributed by atoms with van der Waals surface area (Å²) in [6.07, 6.45) is 3.68. The lowest BCUT2D eigenvalue weighted by atomic mass is 10.0. The molecule has 1 aliphatic rings. The second-order valence-corrected chi connectivity index (χ2v) is 9.47. The molecule has 1 aliphatic heterocycles. The van der Waals surface area contributed by atoms with E-state index in [4.69, 9.17) is 4.74 Å². The molecular weight excluding hydrogens is 420 g/mol. The molecule has 0 unspecified atom stereocenters. The lowest BCUT2D eigenvalue weighted by Gasteiger charge is -2.37. The van der Waals surface area contributed by atoms with E-state index in [0.717, 1.165) is 49.3 Å². The number of nitrogens with zero attached hydrogens (tertiary/aromatic N) is 4. The second kappa shape index (κ2) is 8.92. The van der Waals surface area contributed by atoms with Crippen LogP contribution in [0.25, 0.3) is 21.1 Å². The van der Waals surface area contributed by atoms with Gasteiger partial charge in [0.15, 0.2) is 0 Å². The van der Waals surface area contributed by atoms with Gasteiger partial charge in [-0.15, -0.1) is 11.3 Å². The van der Waals surface area contributed by atoms with E-state index < -0.39 is 0 Å². The number of ether oxygens (including phenoxy) is 1. The molecule has 0 atom stereocenters. The fraction of sp³-hybridized carbons (Fsp3) is 0.360. The fourth-order valence-electron chi connectivity index (χ4n) is 4.59. The Balaban J connectivity index is 1.23. The summed E-state index contributed by atoms with van der Waals surface area (Å²) in [4.78, 5) is 21.7. The van der Waals surface area contributed by atoms with Gasteiger partial charge in [-0.1, -0.05) is 18.2 Å². The van der Waals surface area contributed by atoms with Crippen molar-refractivity contribution in [2.45, 2.75) is 25.4 Å². The van der Waals surface area contributed by atoms with Gasteiger partial charge in [-0.2, -0.15) is 0 Å². The molecule has 3 heterocycles. The average Bonchev–Trinajstić information content (AvgIpc) is 3.27. The number of hydrogen-bond acceptors (Lipinski definition) is 6. The number of rotatable bonds is 6. The quantitative estimate of drug-likeness (QED) is 0.442. The van der Waals surface area contributed by atoms with Gasteiger partial charge in [-0.25, -0.2) is 4.98 Å². The second-order valence-electron chi connectivity index (χ2n) is 8.41. The third-order valence-electron chi connectivity index (χ3n) is 6.56. The zero-order valence-electron chi connectivity index (χ0n) is 18.5. The molecule has 166 valence electrons. The molecular formula is C25H28N4O2S. The number of hydrogen-bond donors (Lipinski definition) is 0. The van der Waals surface area contributed by atoms with Crippen molar-refractivity contribution in [3.8, 4) is 5.75 Å². The smallest absolute Gasteiger partial charge is 0.269 e. The molecule has 0 radical (unpaired) electrons. The maximum absolute atomic E-state index is 12.5. The van der Waals surface area contributed by atoms with Gasteiger partial charge >= 0.3 is 0 Å². The number of thiophene rings is 1. The van der Waals surface area contributed by atoms with Crippen molar-refractivity contribution in [1.82, 2.24) is 14.5 Å². The molecule has 1 saturated heterocycles. The number of methoxy groups -OCH3 is 1. The fourth-order valence-corrected chi connectivity index (χ4v) is 5.69. The van der Waals surface area contributed by atoms with Gasteiger partial charge in [0.2, 0.25) is 0 Å². The van der Waals surface area contributed by atoms with Crippen molar-refractivity contribution in [2.24, 2.45) is 0 Å². The van der Waals surface area contributed by atoms with Gasteiger partial charge in [0.05, 0.1) is 29.3 Å². The predicted octanol–water partition coefficient (Wildman–Crippen LogP) is 4.22. The minimum atomic E-state index is -0.0647. The van der Waals surface area contributed by atoms with E-state index in [1.54, 1.807) is 7.11 Å². The van der Waals surface area contributed by atoms with Crippen molar-refractivity contribution in [2.75, 3.05) is 38.7 Å². The molecule has 4 aromatic rings. The highest BCUT2D eigenvalue weighted by Crippen LogP contribution is 2.34. The lowest BCUT2D eigenvalue weighted by Crippen LogP contribution is -2.44. The highest BCUT2D eigenvalue weighted by Gasteiger charge is 2.23. The topological polar surface area (TPSA) is 50.6 Å². The van der Waals surface area contributed by atoms with Gasteiger partial charge in [0.1, 0.15) is 5.75 Å². The maximum atomic E-state index is 12.5. The first-order valence-electron chi connectivity index (χ1n) is 11.1. The molecule has 0 bridgehead atoms. The molecule has 2 aromatic heterocycles. The molecule has 2 aromatic carbocycles. The van der Waals surface area contributed by atoms with Crippen molar-refractivity contribution in [3.63, 3.8) is 0 Å². The standard InChI is InChI=1S/C25H28N4O2S/c1-27(25-15-18-5-3-4-6-23(18)32-25)19-9-11-28(12-10-19)13-14-29-22-16-20(31-2)7-8-21(22)26-17-24(29)30/h3-8,15-17,19H,9-14H2,1-2H3. The van der Waals surface area contributed by atoms with Crippen molar-refractivity contribution >= 4 is 37.5 Å². The predicted molar refractivity (Wildman–Crippen MR) is 132 cm³/mol. The van der Waals surface area contributed by atoms with E-state index in [2.05, 4.69) is 52.2 Å². The molecule has 0 aliphatic carbocycles. The van der Waals surface area contributed by atoms with Gasteiger partial charge in [-0.3, -0.25) is 4.79 Å². The van der Waals surface area contributed by atoms with Gasteiger partial charge in [0.25, 0.3) is 5.56 Å². The summed E-state index contributed by atoms with van der Waals surface area (Å²) in [5.74, 6) is 0.740. The summed E-state index contributed by atoms with van der Waals surface area (Å²) in [7, 11) is 3.86. The van der Waals surface area contributed by atoms with Crippen LogP contribution in [-0.2, 0) is 6.54 Å². The zero-order valence-corrected chi connectivity index (χ0v) is 19.3. The summed E-state index contributed by atoms with van der Waals surface area (Å²) in [5, 5.41) is 2.66. The highest BCUT2D eigenvalue weighted by molar-refractivity contribution is 7.22. The normalized spacial score (nSPS) is 15.4. The van der Waals surface area contributed by atoms with Crippen LogP contribution in [0.3, 0.4) is 0 Å². The Labute approximate surface area is 191 Å². The number of fused-ring (bicyclic) bond motifs is 2. The van der Waals surface area contributed by atoms with E-state index in [0.29, 0.717) is 12.6 Å². The average molecular weight is 449 g/mol. The van der Waals surface area contributed by atoms with Crippen LogP contribution >= 0.6 is 11.3 Å². The number of piperidine rings is 1. The Morgan fingerprint density at radius 2 is 1.94 bits per heavy atom. The molecule has 0 saturated carbocycles. The Bertz CT molecular complexity index is 1260. The van der Waals surface area contributed by atoms with Gasteiger partial charge < -0.3 is 19.1 Å². The zero-order chi connectivity index (χ0) is 22.1. The number of anilines is 1. The first kappa shape index (κ1) is 21.0. The van der Waals surface area contributed by atoms with E-state index in [1.807, 2.05) is 34.1 Å². The first-order chi connectivity index (χ1) is 15.6. The SMILES string of the molecule is COc1ccc2ncc(=O)n(CCN3CCC(N(C)c4cc5ccccc5s4)CC3)c2c1. The van der Waals surface area contributed by atoms with Crippen molar-refractivity contribution in [1.29, 1.82) is 0 Å². The summed E-state index contributed by atoms with van der Waals surface area (Å²) >= 11 is 1.87. The number of aromatic nitrogens is 2. The summed E-state index contributed by atoms with van der Waals surface area (Å²) in [5.41, 5.74) is 1.58. The van der Waals surface area contributed by atoms with E-state index in [1.165, 1.54) is 21.3 Å². The monoisotopic (exact) mass is 448 g/mol.